The second kappa shape index (κ2) is 5.21. The van der Waals surface area contributed by atoms with Gasteiger partial charge in [0, 0.05) is 0 Å². The molecule has 0 saturated heterocycles. The van der Waals surface area contributed by atoms with Gasteiger partial charge in [-0.05, 0) is 11.6 Å². The summed E-state index contributed by atoms with van der Waals surface area (Å²) < 4.78 is 11.0. The summed E-state index contributed by atoms with van der Waals surface area (Å²) >= 11 is 0. The summed E-state index contributed by atoms with van der Waals surface area (Å²) in [4.78, 5) is 0. The lowest BCUT2D eigenvalue weighted by molar-refractivity contribution is -0.612. The van der Waals surface area contributed by atoms with Gasteiger partial charge >= 0.3 is 5.88 Å². The van der Waals surface area contributed by atoms with Gasteiger partial charge in [0.1, 0.15) is 6.61 Å². The van der Waals surface area contributed by atoms with Gasteiger partial charge in [-0.15, -0.1) is 4.73 Å². The van der Waals surface area contributed by atoms with Crippen molar-refractivity contribution in [3.63, 3.8) is 0 Å². The summed E-state index contributed by atoms with van der Waals surface area (Å²) in [6, 6.07) is 13.1. The Morgan fingerprint density at radius 3 is 2.53 bits per heavy atom. The van der Waals surface area contributed by atoms with Crippen LogP contribution in [0.4, 0.5) is 0 Å². The van der Waals surface area contributed by atoms with Crippen LogP contribution in [0.5, 0.6) is 11.6 Å². The molecule has 2 rings (SSSR count). The lowest BCUT2D eigenvalue weighted by Crippen LogP contribution is -2.27. The third-order valence-corrected chi connectivity index (χ3v) is 2.31. The Bertz CT molecular complexity index is 485. The molecule has 0 aliphatic rings. The van der Waals surface area contributed by atoms with Crippen LogP contribution in [0.15, 0.2) is 48.7 Å². The first-order valence-electron chi connectivity index (χ1n) is 5.23. The Balaban J connectivity index is 2.02. The molecule has 0 N–H and O–H groups in total. The van der Waals surface area contributed by atoms with Gasteiger partial charge in [-0.1, -0.05) is 30.3 Å². The molecule has 4 heteroatoms. The van der Waals surface area contributed by atoms with Crippen molar-refractivity contribution in [2.24, 2.45) is 0 Å². The van der Waals surface area contributed by atoms with E-state index in [-0.39, 0.29) is 5.88 Å². The zero-order chi connectivity index (χ0) is 12.1. The number of rotatable bonds is 4. The number of hydrogen-bond donors (Lipinski definition) is 0. The average Bonchev–Trinajstić information content (AvgIpc) is 2.38. The van der Waals surface area contributed by atoms with Gasteiger partial charge < -0.3 is 14.7 Å². The Morgan fingerprint density at radius 2 is 1.88 bits per heavy atom. The predicted molar refractivity (Wildman–Crippen MR) is 62.7 cm³/mol. The van der Waals surface area contributed by atoms with Gasteiger partial charge in [0.25, 0.3) is 0 Å². The van der Waals surface area contributed by atoms with Crippen LogP contribution in [0.3, 0.4) is 0 Å². The molecule has 0 amide bonds. The second-order valence-corrected chi connectivity index (χ2v) is 3.51. The van der Waals surface area contributed by atoms with E-state index >= 15 is 0 Å². The molecule has 0 spiro atoms. The summed E-state index contributed by atoms with van der Waals surface area (Å²) in [7, 11) is 1.45. The summed E-state index contributed by atoms with van der Waals surface area (Å²) in [5.74, 6) is 0.765. The zero-order valence-corrected chi connectivity index (χ0v) is 9.50. The average molecular weight is 231 g/mol. The van der Waals surface area contributed by atoms with E-state index in [9.17, 15) is 5.21 Å². The lowest BCUT2D eigenvalue weighted by Gasteiger charge is -2.07. The first-order chi connectivity index (χ1) is 8.29. The zero-order valence-electron chi connectivity index (χ0n) is 9.50. The van der Waals surface area contributed by atoms with Crippen molar-refractivity contribution in [1.82, 2.24) is 0 Å². The molecule has 1 heterocycles. The van der Waals surface area contributed by atoms with Crippen LogP contribution >= 0.6 is 0 Å². The first-order valence-corrected chi connectivity index (χ1v) is 5.23. The fourth-order valence-electron chi connectivity index (χ4n) is 1.43. The Kier molecular flexibility index (Phi) is 3.45. The van der Waals surface area contributed by atoms with E-state index in [4.69, 9.17) is 9.47 Å². The third kappa shape index (κ3) is 2.87. The molecule has 88 valence electrons. The Hall–Kier alpha value is -2.23. The Morgan fingerprint density at radius 1 is 1.12 bits per heavy atom. The van der Waals surface area contributed by atoms with E-state index < -0.39 is 0 Å². The van der Waals surface area contributed by atoms with Gasteiger partial charge in [0.05, 0.1) is 13.2 Å². The normalized spacial score (nSPS) is 9.94. The maximum Gasteiger partial charge on any atom is 0.379 e. The van der Waals surface area contributed by atoms with Crippen molar-refractivity contribution in [3.8, 4) is 11.6 Å². The highest BCUT2D eigenvalue weighted by atomic mass is 16.5. The molecular formula is C13H13NO3. The minimum Gasteiger partial charge on any atom is -0.616 e. The van der Waals surface area contributed by atoms with Crippen molar-refractivity contribution in [2.45, 2.75) is 6.61 Å². The van der Waals surface area contributed by atoms with Gasteiger partial charge in [0.15, 0.2) is 5.75 Å². The van der Waals surface area contributed by atoms with Gasteiger partial charge in [-0.25, -0.2) is 0 Å². The van der Waals surface area contributed by atoms with Crippen molar-refractivity contribution in [3.05, 3.63) is 59.4 Å². The fraction of sp³-hybridized carbons (Fsp3) is 0.154. The molecular weight excluding hydrogens is 218 g/mol. The number of pyridine rings is 1. The number of nitrogens with zero attached hydrogens (tertiary/aromatic N) is 1. The number of ether oxygens (including phenoxy) is 2. The molecule has 0 aliphatic carbocycles. The minimum absolute atomic E-state index is 0.247. The summed E-state index contributed by atoms with van der Waals surface area (Å²) in [5, 5.41) is 11.4. The lowest BCUT2D eigenvalue weighted by atomic mass is 10.2. The largest absolute Gasteiger partial charge is 0.616 e. The van der Waals surface area contributed by atoms with E-state index in [2.05, 4.69) is 0 Å². The molecule has 0 bridgehead atoms. The van der Waals surface area contributed by atoms with Crippen LogP contribution in [0.25, 0.3) is 0 Å². The highest BCUT2D eigenvalue weighted by molar-refractivity contribution is 5.20. The van der Waals surface area contributed by atoms with Crippen LogP contribution in [-0.4, -0.2) is 7.11 Å². The first kappa shape index (κ1) is 11.3. The SMILES string of the molecule is COc1ccc(OCc2ccccc2)c[n+]1[O-]. The fourth-order valence-corrected chi connectivity index (χ4v) is 1.43. The minimum atomic E-state index is 0.247. The van der Waals surface area contributed by atoms with Gasteiger partial charge in [-0.3, -0.25) is 0 Å². The number of hydrogen-bond acceptors (Lipinski definition) is 3. The van der Waals surface area contributed by atoms with Crippen molar-refractivity contribution >= 4 is 0 Å². The summed E-state index contributed by atoms with van der Waals surface area (Å²) in [6.45, 7) is 0.438. The standard InChI is InChI=1S/C13H13NO3/c1-16-13-8-7-12(9-14(13)15)17-10-11-5-3-2-4-6-11/h2-9H,10H2,1H3. The third-order valence-electron chi connectivity index (χ3n) is 2.31. The monoisotopic (exact) mass is 231 g/mol. The molecule has 1 aromatic heterocycles. The molecule has 0 radical (unpaired) electrons. The van der Waals surface area contributed by atoms with E-state index in [1.54, 1.807) is 12.1 Å². The van der Waals surface area contributed by atoms with Crippen molar-refractivity contribution in [1.29, 1.82) is 0 Å². The highest BCUT2D eigenvalue weighted by Crippen LogP contribution is 2.13. The molecule has 0 fully saturated rings. The van der Waals surface area contributed by atoms with Crippen LogP contribution in [-0.2, 0) is 6.61 Å². The molecule has 0 unspecified atom stereocenters. The smallest absolute Gasteiger partial charge is 0.379 e. The topological polar surface area (TPSA) is 45.4 Å². The highest BCUT2D eigenvalue weighted by Gasteiger charge is 2.06. The maximum absolute atomic E-state index is 11.4. The summed E-state index contributed by atoms with van der Waals surface area (Å²) in [6.07, 6.45) is 1.35. The van der Waals surface area contributed by atoms with Crippen LogP contribution in [0, 0.1) is 5.21 Å². The van der Waals surface area contributed by atoms with Crippen LogP contribution < -0.4 is 14.2 Å². The number of methoxy groups -OCH3 is 1. The molecule has 0 atom stereocenters. The maximum atomic E-state index is 11.4. The predicted octanol–water partition coefficient (Wildman–Crippen LogP) is 1.91. The van der Waals surface area contributed by atoms with Crippen molar-refractivity contribution in [2.75, 3.05) is 7.11 Å². The molecule has 2 aromatic rings. The summed E-state index contributed by atoms with van der Waals surface area (Å²) in [5.41, 5.74) is 1.06. The van der Waals surface area contributed by atoms with E-state index in [0.717, 1.165) is 5.56 Å². The van der Waals surface area contributed by atoms with Gasteiger partial charge in [0.2, 0.25) is 6.20 Å². The number of aromatic nitrogens is 1. The van der Waals surface area contributed by atoms with Crippen LogP contribution in [0.2, 0.25) is 0 Å². The molecule has 1 aromatic carbocycles. The van der Waals surface area contributed by atoms with E-state index in [0.29, 0.717) is 17.1 Å². The molecule has 0 aliphatic heterocycles. The van der Waals surface area contributed by atoms with E-state index in [1.165, 1.54) is 13.3 Å². The van der Waals surface area contributed by atoms with Crippen molar-refractivity contribution < 1.29 is 14.2 Å². The van der Waals surface area contributed by atoms with Crippen LogP contribution in [0.1, 0.15) is 5.56 Å². The molecule has 17 heavy (non-hydrogen) atoms. The molecule has 4 nitrogen and oxygen atoms in total. The second-order valence-electron chi connectivity index (χ2n) is 3.51. The van der Waals surface area contributed by atoms with E-state index in [1.807, 2.05) is 30.3 Å². The van der Waals surface area contributed by atoms with Gasteiger partial charge in [-0.2, -0.15) is 0 Å². The Labute approximate surface area is 99.6 Å². The quantitative estimate of drug-likeness (QED) is 0.596. The molecule has 0 saturated carbocycles. The number of benzene rings is 1.